The molecule has 2 nitrogen and oxygen atoms in total. The van der Waals surface area contributed by atoms with E-state index in [4.69, 9.17) is 10.5 Å². The maximum absolute atomic E-state index is 8.52. The Morgan fingerprint density at radius 2 is 2.00 bits per heavy atom. The van der Waals surface area contributed by atoms with Gasteiger partial charge in [-0.25, -0.2) is 0 Å². The van der Waals surface area contributed by atoms with Crippen LogP contribution in [0.3, 0.4) is 0 Å². The first-order valence-electron chi connectivity index (χ1n) is 3.61. The van der Waals surface area contributed by atoms with Crippen LogP contribution >= 0.6 is 0 Å². The molecule has 2 heteroatoms. The highest BCUT2D eigenvalue weighted by Crippen LogP contribution is 2.10. The minimum absolute atomic E-state index is 0.102. The molecule has 0 aliphatic rings. The third-order valence-electron chi connectivity index (χ3n) is 1.42. The van der Waals surface area contributed by atoms with Crippen molar-refractivity contribution < 1.29 is 0 Å². The molecule has 0 aliphatic carbocycles. The van der Waals surface area contributed by atoms with Gasteiger partial charge in [-0.1, -0.05) is 13.3 Å². The van der Waals surface area contributed by atoms with Gasteiger partial charge >= 0.3 is 0 Å². The zero-order chi connectivity index (χ0) is 7.82. The van der Waals surface area contributed by atoms with Crippen LogP contribution in [0.2, 0.25) is 0 Å². The van der Waals surface area contributed by atoms with E-state index in [1.807, 2.05) is 6.07 Å². The highest BCUT2D eigenvalue weighted by Gasteiger charge is 2.03. The predicted molar refractivity (Wildman–Crippen MR) is 38.9 cm³/mol. The lowest BCUT2D eigenvalue weighted by molar-refractivity contribution is 0.556. The standard InChI is InChI=1S/C8H12N2/c1-2-4-8(7-10)5-3-6-9/h8H,2-5H2,1H3. The summed E-state index contributed by atoms with van der Waals surface area (Å²) in [4.78, 5) is 0. The van der Waals surface area contributed by atoms with Gasteiger partial charge in [0.25, 0.3) is 0 Å². The molecule has 0 saturated heterocycles. The third kappa shape index (κ3) is 3.92. The quantitative estimate of drug-likeness (QED) is 0.595. The van der Waals surface area contributed by atoms with Gasteiger partial charge < -0.3 is 0 Å². The summed E-state index contributed by atoms with van der Waals surface area (Å²) in [7, 11) is 0. The van der Waals surface area contributed by atoms with Crippen molar-refractivity contribution in [3.63, 3.8) is 0 Å². The Hall–Kier alpha value is -1.02. The van der Waals surface area contributed by atoms with Crippen molar-refractivity contribution in [1.29, 1.82) is 10.5 Å². The summed E-state index contributed by atoms with van der Waals surface area (Å²) < 4.78 is 0. The summed E-state index contributed by atoms with van der Waals surface area (Å²) in [6.07, 6.45) is 3.21. The summed E-state index contributed by atoms with van der Waals surface area (Å²) in [6.45, 7) is 2.05. The second kappa shape index (κ2) is 6.11. The molecule has 0 heterocycles. The largest absolute Gasteiger partial charge is 0.198 e. The fourth-order valence-corrected chi connectivity index (χ4v) is 0.861. The average molecular weight is 136 g/mol. The van der Waals surface area contributed by atoms with Gasteiger partial charge in [0.2, 0.25) is 0 Å². The average Bonchev–Trinajstić information content (AvgIpc) is 1.98. The fourth-order valence-electron chi connectivity index (χ4n) is 0.861. The van der Waals surface area contributed by atoms with E-state index in [2.05, 4.69) is 13.0 Å². The van der Waals surface area contributed by atoms with Crippen LogP contribution in [0.25, 0.3) is 0 Å². The number of nitriles is 2. The van der Waals surface area contributed by atoms with E-state index >= 15 is 0 Å². The Balaban J connectivity index is 3.45. The zero-order valence-corrected chi connectivity index (χ0v) is 6.30. The first-order valence-corrected chi connectivity index (χ1v) is 3.61. The lowest BCUT2D eigenvalue weighted by atomic mass is 10.0. The lowest BCUT2D eigenvalue weighted by Gasteiger charge is -2.01. The molecule has 54 valence electrons. The number of rotatable bonds is 4. The first kappa shape index (κ1) is 8.98. The van der Waals surface area contributed by atoms with Crippen LogP contribution in [0, 0.1) is 28.6 Å². The third-order valence-corrected chi connectivity index (χ3v) is 1.42. The molecule has 0 aromatic carbocycles. The highest BCUT2D eigenvalue weighted by molar-refractivity contribution is 4.85. The molecule has 0 radical (unpaired) electrons. The normalized spacial score (nSPS) is 11.5. The zero-order valence-electron chi connectivity index (χ0n) is 6.30. The van der Waals surface area contributed by atoms with Crippen LogP contribution in [-0.2, 0) is 0 Å². The van der Waals surface area contributed by atoms with E-state index in [0.717, 1.165) is 19.3 Å². The van der Waals surface area contributed by atoms with Gasteiger partial charge in [0.1, 0.15) is 0 Å². The smallest absolute Gasteiger partial charge is 0.0656 e. The Kier molecular flexibility index (Phi) is 5.48. The van der Waals surface area contributed by atoms with Crippen molar-refractivity contribution in [2.24, 2.45) is 5.92 Å². The molecule has 0 saturated carbocycles. The molecule has 0 fully saturated rings. The van der Waals surface area contributed by atoms with Crippen LogP contribution in [-0.4, -0.2) is 0 Å². The molecule has 10 heavy (non-hydrogen) atoms. The molecule has 0 spiro atoms. The predicted octanol–water partition coefficient (Wildman–Crippen LogP) is 2.23. The first-order chi connectivity index (χ1) is 4.85. The summed E-state index contributed by atoms with van der Waals surface area (Å²) in [5.74, 6) is 0.102. The van der Waals surface area contributed by atoms with Crippen LogP contribution in [0.4, 0.5) is 0 Å². The van der Waals surface area contributed by atoms with E-state index in [0.29, 0.717) is 6.42 Å². The van der Waals surface area contributed by atoms with Gasteiger partial charge in [0.15, 0.2) is 0 Å². The summed E-state index contributed by atoms with van der Waals surface area (Å²) >= 11 is 0. The van der Waals surface area contributed by atoms with Crippen LogP contribution in [0.15, 0.2) is 0 Å². The minimum Gasteiger partial charge on any atom is -0.198 e. The summed E-state index contributed by atoms with van der Waals surface area (Å²) in [6, 6.07) is 4.23. The van der Waals surface area contributed by atoms with Gasteiger partial charge in [-0.05, 0) is 12.8 Å². The van der Waals surface area contributed by atoms with Crippen LogP contribution in [0.5, 0.6) is 0 Å². The minimum atomic E-state index is 0.102. The highest BCUT2D eigenvalue weighted by atomic mass is 14.3. The number of hydrogen-bond acceptors (Lipinski definition) is 2. The fraction of sp³-hybridized carbons (Fsp3) is 0.750. The summed E-state index contributed by atoms with van der Waals surface area (Å²) in [5.41, 5.74) is 0. The van der Waals surface area contributed by atoms with E-state index in [1.165, 1.54) is 0 Å². The van der Waals surface area contributed by atoms with Gasteiger partial charge in [-0.15, -0.1) is 0 Å². The van der Waals surface area contributed by atoms with Crippen molar-refractivity contribution >= 4 is 0 Å². The molecule has 1 unspecified atom stereocenters. The maximum atomic E-state index is 8.52. The molecular weight excluding hydrogens is 124 g/mol. The Morgan fingerprint density at radius 3 is 2.40 bits per heavy atom. The number of hydrogen-bond donors (Lipinski definition) is 0. The monoisotopic (exact) mass is 136 g/mol. The van der Waals surface area contributed by atoms with Crippen molar-refractivity contribution in [3.8, 4) is 12.1 Å². The second-order valence-electron chi connectivity index (χ2n) is 2.31. The van der Waals surface area contributed by atoms with Crippen LogP contribution < -0.4 is 0 Å². The molecule has 0 aromatic heterocycles. The molecule has 0 aromatic rings. The Morgan fingerprint density at radius 1 is 1.30 bits per heavy atom. The van der Waals surface area contributed by atoms with Crippen LogP contribution in [0.1, 0.15) is 32.6 Å². The van der Waals surface area contributed by atoms with Crippen molar-refractivity contribution in [3.05, 3.63) is 0 Å². The summed E-state index contributed by atoms with van der Waals surface area (Å²) in [5, 5.41) is 16.7. The van der Waals surface area contributed by atoms with Crippen molar-refractivity contribution in [2.45, 2.75) is 32.6 Å². The van der Waals surface area contributed by atoms with Crippen molar-refractivity contribution in [1.82, 2.24) is 0 Å². The molecular formula is C8H12N2. The van der Waals surface area contributed by atoms with E-state index in [-0.39, 0.29) is 5.92 Å². The molecule has 1 atom stereocenters. The van der Waals surface area contributed by atoms with E-state index < -0.39 is 0 Å². The Bertz CT molecular complexity index is 150. The van der Waals surface area contributed by atoms with Crippen molar-refractivity contribution in [2.75, 3.05) is 0 Å². The lowest BCUT2D eigenvalue weighted by Crippen LogP contribution is -1.94. The maximum Gasteiger partial charge on any atom is 0.0656 e. The molecule has 0 rings (SSSR count). The molecule has 0 bridgehead atoms. The van der Waals surface area contributed by atoms with Gasteiger partial charge in [-0.2, -0.15) is 10.5 Å². The molecule has 0 N–H and O–H groups in total. The molecule has 0 aliphatic heterocycles. The van der Waals surface area contributed by atoms with E-state index in [1.54, 1.807) is 0 Å². The Labute approximate surface area is 62.1 Å². The second-order valence-corrected chi connectivity index (χ2v) is 2.31. The van der Waals surface area contributed by atoms with Gasteiger partial charge in [0, 0.05) is 12.3 Å². The topological polar surface area (TPSA) is 47.6 Å². The molecule has 0 amide bonds. The van der Waals surface area contributed by atoms with Gasteiger partial charge in [-0.3, -0.25) is 0 Å². The number of nitrogens with zero attached hydrogens (tertiary/aromatic N) is 2. The van der Waals surface area contributed by atoms with E-state index in [9.17, 15) is 0 Å². The SMILES string of the molecule is CCCC(C#N)CCC#N. The van der Waals surface area contributed by atoms with Gasteiger partial charge in [0.05, 0.1) is 12.1 Å².